The Morgan fingerprint density at radius 3 is 1.55 bits per heavy atom. The number of fused-ring (bicyclic) bond motifs is 7. The molecule has 12 aromatic carbocycles. The average molecular weight is 929 g/mol. The molecular formula is C71H48N2. The van der Waals surface area contributed by atoms with Crippen molar-refractivity contribution in [3.05, 3.63) is 313 Å². The number of benzene rings is 12. The van der Waals surface area contributed by atoms with Crippen molar-refractivity contribution in [2.24, 2.45) is 0 Å². The van der Waals surface area contributed by atoms with E-state index in [0.29, 0.717) is 0 Å². The molecule has 1 aliphatic carbocycles. The summed E-state index contributed by atoms with van der Waals surface area (Å²) in [7, 11) is 0. The van der Waals surface area contributed by atoms with Crippen LogP contribution in [0.3, 0.4) is 0 Å². The number of hydrogen-bond acceptors (Lipinski definition) is 1. The molecular weight excluding hydrogens is 881 g/mol. The van der Waals surface area contributed by atoms with Crippen molar-refractivity contribution in [3.8, 4) is 50.2 Å². The van der Waals surface area contributed by atoms with Crippen molar-refractivity contribution in [3.63, 3.8) is 0 Å². The van der Waals surface area contributed by atoms with Gasteiger partial charge in [-0.3, -0.25) is 0 Å². The van der Waals surface area contributed by atoms with Gasteiger partial charge in [0.15, 0.2) is 0 Å². The first-order chi connectivity index (χ1) is 36.2. The molecule has 0 spiro atoms. The summed E-state index contributed by atoms with van der Waals surface area (Å²) in [5.74, 6) is 0. The van der Waals surface area contributed by atoms with Crippen LogP contribution in [0.4, 0.5) is 17.1 Å². The van der Waals surface area contributed by atoms with Gasteiger partial charge in [-0.05, 0) is 144 Å². The summed E-state index contributed by atoms with van der Waals surface area (Å²) in [6, 6.07) is 107. The van der Waals surface area contributed by atoms with Crippen LogP contribution in [-0.2, 0) is 5.41 Å². The van der Waals surface area contributed by atoms with Crippen molar-refractivity contribution in [1.29, 1.82) is 0 Å². The van der Waals surface area contributed by atoms with E-state index >= 15 is 0 Å². The van der Waals surface area contributed by atoms with Crippen LogP contribution in [0.1, 0.15) is 22.3 Å². The molecule has 0 saturated heterocycles. The van der Waals surface area contributed by atoms with E-state index in [2.05, 4.69) is 301 Å². The second kappa shape index (κ2) is 17.4. The van der Waals surface area contributed by atoms with Crippen LogP contribution in [0.15, 0.2) is 291 Å². The lowest BCUT2D eigenvalue weighted by Crippen LogP contribution is -2.28. The van der Waals surface area contributed by atoms with Gasteiger partial charge in [-0.15, -0.1) is 0 Å². The van der Waals surface area contributed by atoms with E-state index in [0.717, 1.165) is 28.2 Å². The molecule has 342 valence electrons. The summed E-state index contributed by atoms with van der Waals surface area (Å²) in [6.45, 7) is 0. The van der Waals surface area contributed by atoms with E-state index in [1.807, 2.05) is 0 Å². The Balaban J connectivity index is 0.893. The fraction of sp³-hybridized carbons (Fsp3) is 0.0141. The number of hydrogen-bond donors (Lipinski definition) is 0. The Labute approximate surface area is 426 Å². The highest BCUT2D eigenvalue weighted by molar-refractivity contribution is 6.10. The van der Waals surface area contributed by atoms with Gasteiger partial charge in [-0.2, -0.15) is 0 Å². The minimum atomic E-state index is -0.526. The molecule has 0 atom stereocenters. The topological polar surface area (TPSA) is 8.17 Å². The van der Waals surface area contributed by atoms with E-state index in [-0.39, 0.29) is 0 Å². The Kier molecular flexibility index (Phi) is 10.1. The van der Waals surface area contributed by atoms with Crippen LogP contribution in [0, 0.1) is 0 Å². The Bertz CT molecular complexity index is 4130. The lowest BCUT2D eigenvalue weighted by Gasteiger charge is -2.35. The number of nitrogens with zero attached hydrogens (tertiary/aromatic N) is 2. The fourth-order valence-corrected chi connectivity index (χ4v) is 12.0. The van der Waals surface area contributed by atoms with Gasteiger partial charge in [0, 0.05) is 33.5 Å². The summed E-state index contributed by atoms with van der Waals surface area (Å²) in [6.07, 6.45) is 0. The smallest absolute Gasteiger partial charge is 0.0714 e. The molecule has 2 heteroatoms. The minimum Gasteiger partial charge on any atom is -0.310 e. The van der Waals surface area contributed by atoms with Crippen molar-refractivity contribution < 1.29 is 0 Å². The molecule has 0 bridgehead atoms. The van der Waals surface area contributed by atoms with Crippen LogP contribution < -0.4 is 4.90 Å². The molecule has 1 aliphatic rings. The van der Waals surface area contributed by atoms with Gasteiger partial charge < -0.3 is 9.47 Å². The summed E-state index contributed by atoms with van der Waals surface area (Å²) < 4.78 is 2.37. The monoisotopic (exact) mass is 928 g/mol. The average Bonchev–Trinajstić information content (AvgIpc) is 3.96. The molecule has 2 nitrogen and oxygen atoms in total. The van der Waals surface area contributed by atoms with Crippen LogP contribution in [0.25, 0.3) is 82.8 Å². The largest absolute Gasteiger partial charge is 0.310 e. The van der Waals surface area contributed by atoms with Crippen molar-refractivity contribution >= 4 is 49.6 Å². The second-order valence-corrected chi connectivity index (χ2v) is 19.2. The first kappa shape index (κ1) is 42.4. The standard InChI is InChI=1S/C71H48N2/c1-4-21-55(22-5-1)71(56-23-6-2-7-24-56)67-32-14-12-29-63(67)64-44-43-60(48-68(64)71)72(58-41-38-52(39-42-58)62-31-17-19-51-18-10-11-28-61(51)62)59-27-16-20-53(46-59)49-34-36-50(37-35-49)54-40-45-70-66(47-54)65-30-13-15-33-69(65)73(70)57-25-8-3-9-26-57/h1-48H. The third-order valence-electron chi connectivity index (χ3n) is 15.3. The maximum Gasteiger partial charge on any atom is 0.0714 e. The van der Waals surface area contributed by atoms with Gasteiger partial charge in [0.25, 0.3) is 0 Å². The zero-order valence-electron chi connectivity index (χ0n) is 40.1. The molecule has 73 heavy (non-hydrogen) atoms. The van der Waals surface area contributed by atoms with Gasteiger partial charge in [0.1, 0.15) is 0 Å². The van der Waals surface area contributed by atoms with E-state index in [1.54, 1.807) is 0 Å². The van der Waals surface area contributed by atoms with Crippen molar-refractivity contribution in [2.45, 2.75) is 5.41 Å². The minimum absolute atomic E-state index is 0.526. The SMILES string of the molecule is c1ccc(-n2c3ccccc3c3cc(-c4ccc(-c5cccc(N(c6ccc(-c7cccc8ccccc78)cc6)c6ccc7c(c6)C(c6ccccc6)(c6ccccc6)c6ccccc6-7)c5)cc4)ccc32)cc1. The lowest BCUT2D eigenvalue weighted by molar-refractivity contribution is 0.768. The van der Waals surface area contributed by atoms with Crippen LogP contribution in [0.5, 0.6) is 0 Å². The normalized spacial score (nSPS) is 12.5. The molecule has 13 aromatic rings. The summed E-state index contributed by atoms with van der Waals surface area (Å²) >= 11 is 0. The molecule has 0 saturated carbocycles. The third-order valence-corrected chi connectivity index (χ3v) is 15.3. The molecule has 0 aliphatic heterocycles. The zero-order valence-corrected chi connectivity index (χ0v) is 40.1. The molecule has 0 unspecified atom stereocenters. The van der Waals surface area contributed by atoms with E-state index < -0.39 is 5.41 Å². The first-order valence-corrected chi connectivity index (χ1v) is 25.2. The summed E-state index contributed by atoms with van der Waals surface area (Å²) in [4.78, 5) is 2.44. The predicted molar refractivity (Wildman–Crippen MR) is 307 cm³/mol. The van der Waals surface area contributed by atoms with Gasteiger partial charge >= 0.3 is 0 Å². The quantitative estimate of drug-likeness (QED) is 0.140. The van der Waals surface area contributed by atoms with Gasteiger partial charge in [0.2, 0.25) is 0 Å². The predicted octanol–water partition coefficient (Wildman–Crippen LogP) is 18.8. The highest BCUT2D eigenvalue weighted by atomic mass is 15.1. The van der Waals surface area contributed by atoms with Crippen LogP contribution in [0.2, 0.25) is 0 Å². The molecule has 14 rings (SSSR count). The van der Waals surface area contributed by atoms with Crippen molar-refractivity contribution in [1.82, 2.24) is 4.57 Å². The Morgan fingerprint density at radius 1 is 0.274 bits per heavy atom. The Morgan fingerprint density at radius 2 is 0.795 bits per heavy atom. The number of aromatic nitrogens is 1. The first-order valence-electron chi connectivity index (χ1n) is 25.2. The maximum atomic E-state index is 2.46. The number of rotatable bonds is 9. The zero-order chi connectivity index (χ0) is 48.3. The summed E-state index contributed by atoms with van der Waals surface area (Å²) in [5.41, 5.74) is 21.0. The molecule has 1 aromatic heterocycles. The van der Waals surface area contributed by atoms with E-state index in [4.69, 9.17) is 0 Å². The van der Waals surface area contributed by atoms with Gasteiger partial charge in [0.05, 0.1) is 16.4 Å². The van der Waals surface area contributed by atoms with Crippen LogP contribution in [-0.4, -0.2) is 4.57 Å². The lowest BCUT2D eigenvalue weighted by atomic mass is 9.67. The molecule has 1 heterocycles. The van der Waals surface area contributed by atoms with Crippen molar-refractivity contribution in [2.75, 3.05) is 4.90 Å². The molecule has 0 amide bonds. The fourth-order valence-electron chi connectivity index (χ4n) is 12.0. The second-order valence-electron chi connectivity index (χ2n) is 19.2. The molecule has 0 fully saturated rings. The van der Waals surface area contributed by atoms with Gasteiger partial charge in [-0.1, -0.05) is 224 Å². The molecule has 0 radical (unpaired) electrons. The Hall–Kier alpha value is -9.50. The van der Waals surface area contributed by atoms with Gasteiger partial charge in [-0.25, -0.2) is 0 Å². The van der Waals surface area contributed by atoms with E-state index in [1.165, 1.54) is 93.9 Å². The van der Waals surface area contributed by atoms with Crippen LogP contribution >= 0.6 is 0 Å². The number of anilines is 3. The number of para-hydroxylation sites is 2. The highest BCUT2D eigenvalue weighted by Crippen LogP contribution is 2.57. The third kappa shape index (κ3) is 6.94. The molecule has 0 N–H and O–H groups in total. The maximum absolute atomic E-state index is 2.46. The van der Waals surface area contributed by atoms with E-state index in [9.17, 15) is 0 Å². The highest BCUT2D eigenvalue weighted by Gasteiger charge is 2.46. The summed E-state index contributed by atoms with van der Waals surface area (Å²) in [5, 5.41) is 4.99.